The van der Waals surface area contributed by atoms with Crippen molar-refractivity contribution in [2.45, 2.75) is 74.3 Å². The largest absolute Gasteiger partial charge is 0.480 e. The van der Waals surface area contributed by atoms with Gasteiger partial charge < -0.3 is 24.5 Å². The lowest BCUT2D eigenvalue weighted by atomic mass is 9.84. The van der Waals surface area contributed by atoms with Gasteiger partial charge in [-0.15, -0.1) is 6.58 Å². The predicted molar refractivity (Wildman–Crippen MR) is 211 cm³/mol. The molecule has 3 unspecified atom stereocenters. The Hall–Kier alpha value is -6.57. The van der Waals surface area contributed by atoms with Gasteiger partial charge in [0, 0.05) is 43.4 Å². The van der Waals surface area contributed by atoms with Gasteiger partial charge in [0.1, 0.15) is 35.3 Å². The number of esters is 1. The summed E-state index contributed by atoms with van der Waals surface area (Å²) in [7, 11) is 0. The first-order valence-electron chi connectivity index (χ1n) is 19.5. The molecular formula is C44H41N5O9. The van der Waals surface area contributed by atoms with E-state index in [0.29, 0.717) is 28.6 Å². The van der Waals surface area contributed by atoms with Crippen LogP contribution < -0.4 is 9.80 Å². The molecule has 0 saturated carbocycles. The normalized spacial score (nSPS) is 27.9. The molecule has 5 aliphatic heterocycles. The van der Waals surface area contributed by atoms with E-state index in [0.717, 1.165) is 15.7 Å². The molecule has 1 N–H and O–H groups in total. The van der Waals surface area contributed by atoms with Gasteiger partial charge in [-0.1, -0.05) is 78.9 Å². The van der Waals surface area contributed by atoms with Crippen LogP contribution in [0.1, 0.15) is 39.0 Å². The van der Waals surface area contributed by atoms with E-state index >= 15 is 19.2 Å². The summed E-state index contributed by atoms with van der Waals surface area (Å²) in [6.45, 7) is 4.07. The third-order valence-corrected chi connectivity index (χ3v) is 12.7. The molecule has 296 valence electrons. The van der Waals surface area contributed by atoms with Crippen LogP contribution >= 0.6 is 0 Å². The molecular weight excluding hydrogens is 743 g/mol. The van der Waals surface area contributed by atoms with Gasteiger partial charge in [-0.2, -0.15) is 0 Å². The van der Waals surface area contributed by atoms with Crippen molar-refractivity contribution in [3.05, 3.63) is 97.6 Å². The summed E-state index contributed by atoms with van der Waals surface area (Å²) in [5.41, 5.74) is -2.84. The van der Waals surface area contributed by atoms with Gasteiger partial charge in [-0.25, -0.2) is 4.79 Å². The van der Waals surface area contributed by atoms with Gasteiger partial charge in [0.25, 0.3) is 23.6 Å². The Balaban J connectivity index is 1.20. The minimum atomic E-state index is -1.86. The minimum absolute atomic E-state index is 0.0489. The fourth-order valence-corrected chi connectivity index (χ4v) is 10.1. The second-order valence-electron chi connectivity index (χ2n) is 15.9. The molecule has 0 radical (unpaired) electrons. The van der Waals surface area contributed by atoms with Gasteiger partial charge in [0.05, 0.1) is 31.0 Å². The lowest BCUT2D eigenvalue weighted by Gasteiger charge is -2.49. The first-order valence-corrected chi connectivity index (χ1v) is 19.5. The van der Waals surface area contributed by atoms with Gasteiger partial charge in [-0.05, 0) is 29.3 Å². The number of amides is 5. The number of rotatable bonds is 7. The van der Waals surface area contributed by atoms with Gasteiger partial charge in [-0.3, -0.25) is 38.6 Å². The topological polar surface area (TPSA) is 165 Å². The van der Waals surface area contributed by atoms with Crippen molar-refractivity contribution in [3.63, 3.8) is 0 Å². The van der Waals surface area contributed by atoms with Crippen molar-refractivity contribution in [2.75, 3.05) is 29.4 Å². The minimum Gasteiger partial charge on any atom is -0.480 e. The highest BCUT2D eigenvalue weighted by Gasteiger charge is 2.71. The van der Waals surface area contributed by atoms with E-state index in [-0.39, 0.29) is 38.8 Å². The number of allylic oxidation sites excluding steroid dienone is 1. The highest BCUT2D eigenvalue weighted by molar-refractivity contribution is 6.19. The molecule has 14 nitrogen and oxygen atoms in total. The SMILES string of the molecule is C=CCCC(=O)O[C@@H]1C[C@H]2C(=O)N(c3cccc4ccccc34)C3(C[C@H]4C(=O)N(c5cccc6ccccc56)C5(CC(C(=O)O)N(C(C)=O)C5)C(=O)N4C3)C(=O)N2C1. The van der Waals surface area contributed by atoms with E-state index in [4.69, 9.17) is 4.74 Å². The quantitative estimate of drug-likeness (QED) is 0.218. The Kier molecular flexibility index (Phi) is 8.64. The van der Waals surface area contributed by atoms with Crippen LogP contribution in [0.5, 0.6) is 0 Å². The van der Waals surface area contributed by atoms with E-state index < -0.39 is 83.3 Å². The maximum atomic E-state index is 15.5. The zero-order valence-corrected chi connectivity index (χ0v) is 31.8. The molecule has 0 aromatic heterocycles. The maximum Gasteiger partial charge on any atom is 0.326 e. The second kappa shape index (κ2) is 13.5. The van der Waals surface area contributed by atoms with E-state index in [9.17, 15) is 19.5 Å². The summed E-state index contributed by atoms with van der Waals surface area (Å²) in [6, 6.07) is 21.8. The Morgan fingerprint density at radius 1 is 0.759 bits per heavy atom. The molecule has 2 spiro atoms. The van der Waals surface area contributed by atoms with Crippen LogP contribution in [0.15, 0.2) is 97.6 Å². The van der Waals surface area contributed by atoms with E-state index in [2.05, 4.69) is 6.58 Å². The highest BCUT2D eigenvalue weighted by Crippen LogP contribution is 2.51. The Bertz CT molecular complexity index is 2450. The number of hydrogen-bond donors (Lipinski definition) is 1. The van der Waals surface area contributed by atoms with Gasteiger partial charge >= 0.3 is 11.9 Å². The molecule has 0 aliphatic carbocycles. The third kappa shape index (κ3) is 5.33. The van der Waals surface area contributed by atoms with Crippen molar-refractivity contribution >= 4 is 74.4 Å². The van der Waals surface area contributed by atoms with Crippen LogP contribution in [0.4, 0.5) is 11.4 Å². The van der Waals surface area contributed by atoms with Gasteiger partial charge in [0.15, 0.2) is 0 Å². The van der Waals surface area contributed by atoms with Crippen LogP contribution in [0.2, 0.25) is 0 Å². The van der Waals surface area contributed by atoms with E-state index in [1.54, 1.807) is 36.4 Å². The highest BCUT2D eigenvalue weighted by atomic mass is 16.5. The molecule has 5 amide bonds. The number of anilines is 2. The maximum absolute atomic E-state index is 15.5. The standard InChI is InChI=1S/C44H41N5O9/c1-3-4-19-37(51)58-29-20-34-38(52)48(32-17-9-13-27-11-5-7-15-30(27)32)43(41(56)45(34)23-29)21-35-39(53)49(33-18-10-14-28-12-6-8-16-31(28)33)44(42(57)47(35)25-43)22-36(40(54)55)46(24-44)26(2)50/h3,5-18,29,34-36H,1,4,19-25H2,2H3,(H,54,55)/t29-,34+,35+,36?,43?,44?/m1/s1. The fourth-order valence-electron chi connectivity index (χ4n) is 10.1. The molecule has 14 heteroatoms. The lowest BCUT2D eigenvalue weighted by Crippen LogP contribution is -2.73. The number of nitrogens with zero attached hydrogens (tertiary/aromatic N) is 5. The third-order valence-electron chi connectivity index (χ3n) is 12.7. The lowest BCUT2D eigenvalue weighted by molar-refractivity contribution is -0.151. The summed E-state index contributed by atoms with van der Waals surface area (Å²) in [4.78, 5) is 107. The number of carbonyl (C=O) groups is 7. The van der Waals surface area contributed by atoms with Crippen molar-refractivity contribution in [3.8, 4) is 0 Å². The molecule has 6 atom stereocenters. The van der Waals surface area contributed by atoms with Crippen LogP contribution in [0.3, 0.4) is 0 Å². The number of hydrogen-bond acceptors (Lipinski definition) is 8. The molecule has 5 fully saturated rings. The van der Waals surface area contributed by atoms with Crippen LogP contribution in [0, 0.1) is 0 Å². The molecule has 4 aromatic carbocycles. The number of carboxylic acid groups (broad SMARTS) is 1. The number of carboxylic acids is 1. The number of likely N-dealkylation sites (tertiary alicyclic amines) is 1. The molecule has 5 heterocycles. The first-order chi connectivity index (χ1) is 27.9. The Morgan fingerprint density at radius 2 is 1.31 bits per heavy atom. The average molecular weight is 784 g/mol. The zero-order valence-electron chi connectivity index (χ0n) is 31.8. The summed E-state index contributed by atoms with van der Waals surface area (Å²) in [6.07, 6.45) is 0.767. The number of fused-ring (bicyclic) bond motifs is 4. The monoisotopic (exact) mass is 783 g/mol. The zero-order chi connectivity index (χ0) is 40.7. The predicted octanol–water partition coefficient (Wildman–Crippen LogP) is 3.65. The molecule has 4 aromatic rings. The molecule has 0 bridgehead atoms. The number of ether oxygens (including phenoxy) is 1. The van der Waals surface area contributed by atoms with Crippen molar-refractivity contribution in [1.29, 1.82) is 0 Å². The van der Waals surface area contributed by atoms with Crippen LogP contribution in [-0.4, -0.2) is 116 Å². The first kappa shape index (κ1) is 37.0. The molecule has 5 aliphatic rings. The van der Waals surface area contributed by atoms with Crippen molar-refractivity contribution < 1.29 is 43.4 Å². The fraction of sp³-hybridized carbons (Fsp3) is 0.341. The van der Waals surface area contributed by atoms with Crippen molar-refractivity contribution in [1.82, 2.24) is 14.7 Å². The summed E-state index contributed by atoms with van der Waals surface area (Å²) in [5.74, 6) is -4.47. The molecule has 58 heavy (non-hydrogen) atoms. The smallest absolute Gasteiger partial charge is 0.326 e. The molecule has 5 saturated heterocycles. The van der Waals surface area contributed by atoms with Gasteiger partial charge in [0.2, 0.25) is 5.91 Å². The number of aliphatic carboxylic acids is 1. The van der Waals surface area contributed by atoms with Crippen LogP contribution in [-0.2, 0) is 38.3 Å². The Morgan fingerprint density at radius 3 is 1.88 bits per heavy atom. The van der Waals surface area contributed by atoms with E-state index in [1.165, 1.54) is 26.5 Å². The number of benzene rings is 4. The second-order valence-corrected chi connectivity index (χ2v) is 15.9. The number of piperazine rings is 2. The summed E-state index contributed by atoms with van der Waals surface area (Å²) in [5, 5.41) is 13.3. The average Bonchev–Trinajstić information content (AvgIpc) is 3.95. The summed E-state index contributed by atoms with van der Waals surface area (Å²) < 4.78 is 5.76. The van der Waals surface area contributed by atoms with E-state index in [1.807, 2.05) is 54.6 Å². The number of carbonyl (C=O) groups excluding carboxylic acids is 6. The Labute approximate surface area is 333 Å². The van der Waals surface area contributed by atoms with Crippen molar-refractivity contribution in [2.24, 2.45) is 0 Å². The summed E-state index contributed by atoms with van der Waals surface area (Å²) >= 11 is 0. The van der Waals surface area contributed by atoms with Crippen LogP contribution in [0.25, 0.3) is 21.5 Å². The molecule has 9 rings (SSSR count).